The van der Waals surface area contributed by atoms with E-state index in [1.165, 1.54) is 12.3 Å². The minimum Gasteiger partial charge on any atom is -0.490 e. The van der Waals surface area contributed by atoms with E-state index in [1.54, 1.807) is 28.0 Å². The Bertz CT molecular complexity index is 717. The third kappa shape index (κ3) is 4.50. The number of piperazine rings is 1. The van der Waals surface area contributed by atoms with Crippen LogP contribution in [0.15, 0.2) is 65.3 Å². The van der Waals surface area contributed by atoms with Crippen molar-refractivity contribution in [3.63, 3.8) is 0 Å². The maximum Gasteiger partial charge on any atom is 0.289 e. The Morgan fingerprint density at radius 2 is 1.72 bits per heavy atom. The molecule has 0 bridgehead atoms. The van der Waals surface area contributed by atoms with Gasteiger partial charge in [-0.1, -0.05) is 18.2 Å². The molecule has 0 radical (unpaired) electrons. The predicted molar refractivity (Wildman–Crippen MR) is 92.3 cm³/mol. The molecule has 2 amide bonds. The molecule has 2 aromatic rings. The van der Waals surface area contributed by atoms with E-state index in [0.29, 0.717) is 38.5 Å². The molecule has 1 aliphatic rings. The first kappa shape index (κ1) is 16.8. The van der Waals surface area contributed by atoms with Crippen LogP contribution in [0.5, 0.6) is 5.75 Å². The maximum atomic E-state index is 12.2. The molecule has 0 spiro atoms. The highest BCUT2D eigenvalue weighted by Gasteiger charge is 2.25. The van der Waals surface area contributed by atoms with Crippen molar-refractivity contribution in [2.24, 2.45) is 0 Å². The topological polar surface area (TPSA) is 63.0 Å². The summed E-state index contributed by atoms with van der Waals surface area (Å²) < 4.78 is 10.6. The van der Waals surface area contributed by atoms with Crippen molar-refractivity contribution >= 4 is 11.8 Å². The van der Waals surface area contributed by atoms with Crippen LogP contribution in [0.25, 0.3) is 0 Å². The molecule has 6 heteroatoms. The van der Waals surface area contributed by atoms with Gasteiger partial charge in [0.2, 0.25) is 5.91 Å². The van der Waals surface area contributed by atoms with E-state index >= 15 is 0 Å². The van der Waals surface area contributed by atoms with Crippen LogP contribution in [0.1, 0.15) is 10.6 Å². The number of carbonyl (C=O) groups is 2. The highest BCUT2D eigenvalue weighted by atomic mass is 16.5. The smallest absolute Gasteiger partial charge is 0.289 e. The predicted octanol–water partition coefficient (Wildman–Crippen LogP) is 2.20. The van der Waals surface area contributed by atoms with Crippen LogP contribution < -0.4 is 4.74 Å². The van der Waals surface area contributed by atoms with Gasteiger partial charge in [0.05, 0.1) is 6.26 Å². The second-order valence-corrected chi connectivity index (χ2v) is 5.62. The number of rotatable bonds is 5. The van der Waals surface area contributed by atoms with Crippen molar-refractivity contribution in [1.82, 2.24) is 9.80 Å². The van der Waals surface area contributed by atoms with E-state index in [4.69, 9.17) is 9.15 Å². The largest absolute Gasteiger partial charge is 0.490 e. The van der Waals surface area contributed by atoms with Gasteiger partial charge in [-0.05, 0) is 30.3 Å². The quantitative estimate of drug-likeness (QED) is 0.783. The number of hydrogen-bond acceptors (Lipinski definition) is 4. The van der Waals surface area contributed by atoms with Gasteiger partial charge >= 0.3 is 0 Å². The molecule has 25 heavy (non-hydrogen) atoms. The Morgan fingerprint density at radius 3 is 2.40 bits per heavy atom. The first-order valence-corrected chi connectivity index (χ1v) is 8.20. The van der Waals surface area contributed by atoms with Crippen molar-refractivity contribution in [2.75, 3.05) is 32.8 Å². The minimum atomic E-state index is -0.135. The van der Waals surface area contributed by atoms with Crippen molar-refractivity contribution in [1.29, 1.82) is 0 Å². The summed E-state index contributed by atoms with van der Waals surface area (Å²) in [5, 5.41) is 0. The molecule has 0 N–H and O–H groups in total. The molecule has 1 aromatic carbocycles. The van der Waals surface area contributed by atoms with Crippen molar-refractivity contribution in [2.45, 2.75) is 0 Å². The number of ether oxygens (including phenoxy) is 1. The SMILES string of the molecule is O=C(/C=C/COc1ccccc1)N1CCN(C(=O)c2ccco2)CC1. The van der Waals surface area contributed by atoms with E-state index in [1.807, 2.05) is 30.3 Å². The van der Waals surface area contributed by atoms with Gasteiger partial charge in [0.1, 0.15) is 12.4 Å². The molecule has 3 rings (SSSR count). The Kier molecular flexibility index (Phi) is 5.51. The van der Waals surface area contributed by atoms with Crippen LogP contribution in [0.4, 0.5) is 0 Å². The summed E-state index contributed by atoms with van der Waals surface area (Å²) in [5.41, 5.74) is 0. The first-order valence-electron chi connectivity index (χ1n) is 8.20. The zero-order valence-corrected chi connectivity index (χ0v) is 13.8. The van der Waals surface area contributed by atoms with Crippen LogP contribution in [0, 0.1) is 0 Å². The summed E-state index contributed by atoms with van der Waals surface area (Å²) in [6.45, 7) is 2.36. The van der Waals surface area contributed by atoms with Crippen molar-refractivity contribution in [3.8, 4) is 5.75 Å². The Balaban J connectivity index is 1.42. The number of para-hydroxylation sites is 1. The van der Waals surface area contributed by atoms with Crippen LogP contribution in [0.3, 0.4) is 0 Å². The minimum absolute atomic E-state index is 0.0678. The summed E-state index contributed by atoms with van der Waals surface area (Å²) in [6.07, 6.45) is 4.71. The van der Waals surface area contributed by atoms with E-state index < -0.39 is 0 Å². The molecule has 2 heterocycles. The number of amides is 2. The number of furan rings is 1. The Morgan fingerprint density at radius 1 is 1.00 bits per heavy atom. The summed E-state index contributed by atoms with van der Waals surface area (Å²) in [5.74, 6) is 0.896. The summed E-state index contributed by atoms with van der Waals surface area (Å²) in [7, 11) is 0. The molecular weight excluding hydrogens is 320 g/mol. The average Bonchev–Trinajstić information content (AvgIpc) is 3.20. The van der Waals surface area contributed by atoms with Gasteiger partial charge in [0.15, 0.2) is 5.76 Å². The van der Waals surface area contributed by atoms with E-state index in [0.717, 1.165) is 5.75 Å². The van der Waals surface area contributed by atoms with Crippen molar-refractivity contribution < 1.29 is 18.7 Å². The summed E-state index contributed by atoms with van der Waals surface area (Å²) >= 11 is 0. The van der Waals surface area contributed by atoms with Crippen molar-refractivity contribution in [3.05, 3.63) is 66.6 Å². The van der Waals surface area contributed by atoms with Gasteiger partial charge in [-0.3, -0.25) is 9.59 Å². The normalized spacial score (nSPS) is 14.7. The lowest BCUT2D eigenvalue weighted by Crippen LogP contribution is -2.50. The molecular formula is C19H20N2O4. The molecule has 1 fully saturated rings. The van der Waals surface area contributed by atoms with Gasteiger partial charge in [0.25, 0.3) is 5.91 Å². The lowest BCUT2D eigenvalue weighted by molar-refractivity contribution is -0.127. The fourth-order valence-corrected chi connectivity index (χ4v) is 2.60. The van der Waals surface area contributed by atoms with Gasteiger partial charge in [-0.25, -0.2) is 0 Å². The van der Waals surface area contributed by atoms with Crippen LogP contribution in [0.2, 0.25) is 0 Å². The second kappa shape index (κ2) is 8.19. The molecule has 0 saturated carbocycles. The standard InChI is InChI=1S/C19H20N2O4/c22-18(9-5-14-24-16-6-2-1-3-7-16)20-10-12-21(13-11-20)19(23)17-8-4-15-25-17/h1-9,15H,10-14H2/b9-5+. The number of hydrogen-bond donors (Lipinski definition) is 0. The van der Waals surface area contributed by atoms with Gasteiger partial charge in [-0.15, -0.1) is 0 Å². The molecule has 130 valence electrons. The van der Waals surface area contributed by atoms with E-state index in [-0.39, 0.29) is 11.8 Å². The zero-order chi connectivity index (χ0) is 17.5. The number of benzene rings is 1. The van der Waals surface area contributed by atoms with Crippen LogP contribution in [-0.2, 0) is 4.79 Å². The fourth-order valence-electron chi connectivity index (χ4n) is 2.60. The lowest BCUT2D eigenvalue weighted by atomic mass is 10.2. The molecule has 0 atom stereocenters. The van der Waals surface area contributed by atoms with Gasteiger partial charge in [0, 0.05) is 32.3 Å². The van der Waals surface area contributed by atoms with E-state index in [9.17, 15) is 9.59 Å². The van der Waals surface area contributed by atoms with E-state index in [2.05, 4.69) is 0 Å². The fraction of sp³-hybridized carbons (Fsp3) is 0.263. The number of carbonyl (C=O) groups excluding carboxylic acids is 2. The molecule has 1 aliphatic heterocycles. The Labute approximate surface area is 146 Å². The third-order valence-corrected chi connectivity index (χ3v) is 3.96. The Hall–Kier alpha value is -3.02. The highest BCUT2D eigenvalue weighted by Crippen LogP contribution is 2.10. The molecule has 0 aliphatic carbocycles. The molecule has 1 aromatic heterocycles. The molecule has 0 unspecified atom stereocenters. The van der Waals surface area contributed by atoms with Crippen LogP contribution >= 0.6 is 0 Å². The van der Waals surface area contributed by atoms with Crippen LogP contribution in [-0.4, -0.2) is 54.4 Å². The summed E-state index contributed by atoms with van der Waals surface area (Å²) in [6, 6.07) is 12.8. The average molecular weight is 340 g/mol. The maximum absolute atomic E-state index is 12.2. The monoisotopic (exact) mass is 340 g/mol. The van der Waals surface area contributed by atoms with Gasteiger partial charge in [-0.2, -0.15) is 0 Å². The second-order valence-electron chi connectivity index (χ2n) is 5.62. The molecule has 6 nitrogen and oxygen atoms in total. The highest BCUT2D eigenvalue weighted by molar-refractivity contribution is 5.92. The zero-order valence-electron chi connectivity index (χ0n) is 13.8. The molecule has 1 saturated heterocycles. The lowest BCUT2D eigenvalue weighted by Gasteiger charge is -2.33. The summed E-state index contributed by atoms with van der Waals surface area (Å²) in [4.78, 5) is 27.8. The number of nitrogens with zero attached hydrogens (tertiary/aromatic N) is 2. The first-order chi connectivity index (χ1) is 12.2. The third-order valence-electron chi connectivity index (χ3n) is 3.96. The van der Waals surface area contributed by atoms with Gasteiger partial charge < -0.3 is 19.0 Å².